The molecule has 2 aromatic rings. The van der Waals surface area contributed by atoms with Crippen LogP contribution in [0.5, 0.6) is 0 Å². The number of benzene rings is 1. The third-order valence-corrected chi connectivity index (χ3v) is 8.95. The predicted octanol–water partition coefficient (Wildman–Crippen LogP) is 3.73. The van der Waals surface area contributed by atoms with E-state index in [9.17, 15) is 17.6 Å². The first-order valence-corrected chi connectivity index (χ1v) is 12.5. The Kier molecular flexibility index (Phi) is 7.50. The van der Waals surface area contributed by atoms with Crippen LogP contribution in [0.25, 0.3) is 0 Å². The highest BCUT2D eigenvalue weighted by Gasteiger charge is 2.33. The molecule has 0 radical (unpaired) electrons. The molecule has 1 N–H and O–H groups in total. The number of thioether (sulfide) groups is 1. The summed E-state index contributed by atoms with van der Waals surface area (Å²) in [5.74, 6) is -0.172. The van der Waals surface area contributed by atoms with Crippen molar-refractivity contribution in [3.05, 3.63) is 47.6 Å². The van der Waals surface area contributed by atoms with Gasteiger partial charge < -0.3 is 5.32 Å². The molecule has 0 saturated carbocycles. The highest BCUT2D eigenvalue weighted by molar-refractivity contribution is 8.00. The first-order valence-electron chi connectivity index (χ1n) is 9.17. The zero-order valence-corrected chi connectivity index (χ0v) is 17.8. The van der Waals surface area contributed by atoms with E-state index in [0.29, 0.717) is 23.7 Å². The number of thiophene rings is 1. The first kappa shape index (κ1) is 21.3. The van der Waals surface area contributed by atoms with Crippen molar-refractivity contribution >= 4 is 39.0 Å². The zero-order valence-electron chi connectivity index (χ0n) is 15.3. The number of nitrogens with one attached hydrogen (secondary N) is 1. The molecular formula is C19H23FN2O3S3. The number of halogens is 1. The molecule has 3 rings (SSSR count). The van der Waals surface area contributed by atoms with Crippen LogP contribution in [-0.4, -0.2) is 43.5 Å². The van der Waals surface area contributed by atoms with E-state index in [4.69, 9.17) is 0 Å². The summed E-state index contributed by atoms with van der Waals surface area (Å²) in [6.45, 7) is 0.962. The second-order valence-electron chi connectivity index (χ2n) is 6.58. The lowest BCUT2D eigenvalue weighted by molar-refractivity contribution is -0.118. The fourth-order valence-electron chi connectivity index (χ4n) is 3.21. The molecule has 0 spiro atoms. The van der Waals surface area contributed by atoms with Crippen molar-refractivity contribution in [2.75, 3.05) is 18.8 Å². The molecule has 28 heavy (non-hydrogen) atoms. The number of piperidine rings is 1. The van der Waals surface area contributed by atoms with E-state index in [1.165, 1.54) is 35.2 Å². The van der Waals surface area contributed by atoms with Crippen LogP contribution in [-0.2, 0) is 14.8 Å². The van der Waals surface area contributed by atoms with E-state index < -0.39 is 10.0 Å². The monoisotopic (exact) mass is 442 g/mol. The average Bonchev–Trinajstić information content (AvgIpc) is 3.24. The van der Waals surface area contributed by atoms with Gasteiger partial charge in [0.1, 0.15) is 10.0 Å². The lowest BCUT2D eigenvalue weighted by Crippen LogP contribution is -2.45. The molecule has 1 aliphatic rings. The molecular weight excluding hydrogens is 419 g/mol. The maximum Gasteiger partial charge on any atom is 0.252 e. The van der Waals surface area contributed by atoms with E-state index in [-0.39, 0.29) is 23.5 Å². The van der Waals surface area contributed by atoms with Gasteiger partial charge in [0.15, 0.2) is 0 Å². The van der Waals surface area contributed by atoms with Crippen LogP contribution in [0.4, 0.5) is 4.39 Å². The molecule has 1 aromatic carbocycles. The molecule has 9 heteroatoms. The van der Waals surface area contributed by atoms with Crippen molar-refractivity contribution in [2.45, 2.75) is 40.8 Å². The van der Waals surface area contributed by atoms with Gasteiger partial charge in [-0.25, -0.2) is 12.8 Å². The average molecular weight is 443 g/mol. The molecule has 152 valence electrons. The second-order valence-corrected chi connectivity index (χ2v) is 10.7. The quantitative estimate of drug-likeness (QED) is 0.633. The first-order chi connectivity index (χ1) is 13.5. The Balaban J connectivity index is 1.48. The van der Waals surface area contributed by atoms with Crippen molar-refractivity contribution in [3.63, 3.8) is 0 Å². The highest BCUT2D eigenvalue weighted by atomic mass is 32.2. The number of sulfonamides is 1. The highest BCUT2D eigenvalue weighted by Crippen LogP contribution is 2.29. The van der Waals surface area contributed by atoms with Gasteiger partial charge in [0, 0.05) is 24.0 Å². The normalized spacial score (nSPS) is 18.1. The predicted molar refractivity (Wildman–Crippen MR) is 111 cm³/mol. The van der Waals surface area contributed by atoms with Gasteiger partial charge in [-0.2, -0.15) is 4.31 Å². The van der Waals surface area contributed by atoms with Crippen molar-refractivity contribution < 1.29 is 17.6 Å². The van der Waals surface area contributed by atoms with Crippen molar-refractivity contribution in [3.8, 4) is 0 Å². The topological polar surface area (TPSA) is 66.5 Å². The lowest BCUT2D eigenvalue weighted by Gasteiger charge is -2.34. The fourth-order valence-corrected chi connectivity index (χ4v) is 6.79. The van der Waals surface area contributed by atoms with Crippen LogP contribution in [0.15, 0.2) is 50.9 Å². The Morgan fingerprint density at radius 1 is 1.25 bits per heavy atom. The van der Waals surface area contributed by atoms with Gasteiger partial charge in [-0.15, -0.1) is 23.1 Å². The summed E-state index contributed by atoms with van der Waals surface area (Å²) in [6.07, 6.45) is 3.26. The minimum Gasteiger partial charge on any atom is -0.355 e. The Hall–Kier alpha value is -1.42. The maximum absolute atomic E-state index is 12.9. The van der Waals surface area contributed by atoms with E-state index in [2.05, 4.69) is 5.32 Å². The number of hydrogen-bond donors (Lipinski definition) is 1. The summed E-state index contributed by atoms with van der Waals surface area (Å²) in [7, 11) is -3.46. The minimum absolute atomic E-state index is 0.0918. The molecule has 2 heterocycles. The number of nitrogens with zero attached hydrogens (tertiary/aromatic N) is 1. The number of carbonyl (C=O) groups is 1. The Morgan fingerprint density at radius 3 is 2.75 bits per heavy atom. The van der Waals surface area contributed by atoms with Crippen LogP contribution in [0.2, 0.25) is 0 Å². The summed E-state index contributed by atoms with van der Waals surface area (Å²) in [4.78, 5) is 12.9. The molecule has 5 nitrogen and oxygen atoms in total. The zero-order chi connectivity index (χ0) is 20.0. The Bertz CT molecular complexity index is 870. The number of rotatable bonds is 8. The number of carbonyl (C=O) groups excluding carboxylic acids is 1. The van der Waals surface area contributed by atoms with Crippen LogP contribution < -0.4 is 5.32 Å². The van der Waals surface area contributed by atoms with Gasteiger partial charge in [0.2, 0.25) is 5.91 Å². The molecule has 0 unspecified atom stereocenters. The van der Waals surface area contributed by atoms with Crippen molar-refractivity contribution in [2.24, 2.45) is 0 Å². The third kappa shape index (κ3) is 5.56. The lowest BCUT2D eigenvalue weighted by atomic mass is 10.0. The fraction of sp³-hybridized carbons (Fsp3) is 0.421. The third-order valence-electron chi connectivity index (χ3n) is 4.61. The second kappa shape index (κ2) is 9.87. The summed E-state index contributed by atoms with van der Waals surface area (Å²) in [5, 5.41) is 4.63. The van der Waals surface area contributed by atoms with Crippen LogP contribution in [0, 0.1) is 5.82 Å². The summed E-state index contributed by atoms with van der Waals surface area (Å²) >= 11 is 2.58. The molecule has 1 saturated heterocycles. The van der Waals surface area contributed by atoms with E-state index >= 15 is 0 Å². The van der Waals surface area contributed by atoms with Crippen LogP contribution in [0.3, 0.4) is 0 Å². The van der Waals surface area contributed by atoms with Gasteiger partial charge in [-0.3, -0.25) is 4.79 Å². The smallest absolute Gasteiger partial charge is 0.252 e. The molecule has 0 bridgehead atoms. The Labute approximate surface area is 173 Å². The molecule has 1 atom stereocenters. The van der Waals surface area contributed by atoms with Crippen molar-refractivity contribution in [1.29, 1.82) is 0 Å². The Morgan fingerprint density at radius 2 is 2.04 bits per heavy atom. The summed E-state index contributed by atoms with van der Waals surface area (Å²) in [5.41, 5.74) is 0. The SMILES string of the molecule is O=C(CSc1ccc(F)cc1)NCC[C@H]1CCCCN1S(=O)(=O)c1cccs1. The number of amides is 1. The van der Waals surface area contributed by atoms with Gasteiger partial charge in [0.05, 0.1) is 5.75 Å². The van der Waals surface area contributed by atoms with Gasteiger partial charge >= 0.3 is 0 Å². The van der Waals surface area contributed by atoms with Crippen LogP contribution >= 0.6 is 23.1 Å². The summed E-state index contributed by atoms with van der Waals surface area (Å²) in [6, 6.07) is 9.31. The maximum atomic E-state index is 12.9. The van der Waals surface area contributed by atoms with Crippen molar-refractivity contribution in [1.82, 2.24) is 9.62 Å². The van der Waals surface area contributed by atoms with E-state index in [1.54, 1.807) is 34.0 Å². The number of hydrogen-bond acceptors (Lipinski definition) is 5. The van der Waals surface area contributed by atoms with Gasteiger partial charge in [-0.05, 0) is 55.0 Å². The van der Waals surface area contributed by atoms with Crippen LogP contribution in [0.1, 0.15) is 25.7 Å². The minimum atomic E-state index is -3.46. The molecule has 1 aliphatic heterocycles. The summed E-state index contributed by atoms with van der Waals surface area (Å²) < 4.78 is 40.6. The largest absolute Gasteiger partial charge is 0.355 e. The molecule has 0 aliphatic carbocycles. The standard InChI is InChI=1S/C19H23FN2O3S3/c20-15-6-8-17(9-7-15)27-14-18(23)21-11-10-16-4-1-2-12-22(16)28(24,25)19-5-3-13-26-19/h3,5-9,13,16H,1-2,4,10-12,14H2,(H,21,23)/t16-/m1/s1. The van der Waals surface area contributed by atoms with E-state index in [0.717, 1.165) is 24.2 Å². The molecule has 1 aromatic heterocycles. The van der Waals surface area contributed by atoms with Gasteiger partial charge in [-0.1, -0.05) is 12.5 Å². The molecule has 1 amide bonds. The van der Waals surface area contributed by atoms with Gasteiger partial charge in [0.25, 0.3) is 10.0 Å². The molecule has 1 fully saturated rings. The van der Waals surface area contributed by atoms with E-state index in [1.807, 2.05) is 0 Å².